The number of anilines is 1. The Kier molecular flexibility index (Phi) is 7.13. The molecule has 39 heavy (non-hydrogen) atoms. The molecule has 1 fully saturated rings. The van der Waals surface area contributed by atoms with Crippen molar-refractivity contribution in [3.05, 3.63) is 91.9 Å². The van der Waals surface area contributed by atoms with Crippen molar-refractivity contribution in [2.75, 3.05) is 18.0 Å². The zero-order chi connectivity index (χ0) is 27.8. The van der Waals surface area contributed by atoms with Gasteiger partial charge in [0.1, 0.15) is 5.82 Å². The van der Waals surface area contributed by atoms with Gasteiger partial charge in [-0.1, -0.05) is 42.5 Å². The minimum absolute atomic E-state index is 0.00232. The molecule has 0 radical (unpaired) electrons. The summed E-state index contributed by atoms with van der Waals surface area (Å²) >= 11 is 0. The summed E-state index contributed by atoms with van der Waals surface area (Å²) < 4.78 is 45.9. The molecule has 0 amide bonds. The Labute approximate surface area is 220 Å². The lowest BCUT2D eigenvalue weighted by atomic mass is 10.1. The van der Waals surface area contributed by atoms with Gasteiger partial charge in [-0.3, -0.25) is 23.3 Å². The lowest BCUT2D eigenvalue weighted by Crippen LogP contribution is -2.44. The normalized spacial score (nSPS) is 15.8. The van der Waals surface area contributed by atoms with E-state index >= 15 is 0 Å². The average Bonchev–Trinajstić information content (AvgIpc) is 3.30. The van der Waals surface area contributed by atoms with Crippen LogP contribution in [0.3, 0.4) is 0 Å². The van der Waals surface area contributed by atoms with Crippen LogP contribution >= 0.6 is 0 Å². The molecule has 1 unspecified atom stereocenters. The van der Waals surface area contributed by atoms with Crippen molar-refractivity contribution in [1.29, 1.82) is 0 Å². The molecule has 0 spiro atoms. The van der Waals surface area contributed by atoms with Crippen molar-refractivity contribution in [2.45, 2.75) is 38.4 Å². The van der Waals surface area contributed by atoms with E-state index in [0.717, 1.165) is 34.1 Å². The van der Waals surface area contributed by atoms with Gasteiger partial charge in [-0.15, -0.1) is 0 Å². The van der Waals surface area contributed by atoms with Crippen LogP contribution in [0.25, 0.3) is 11.2 Å². The number of hydrogen-bond donors (Lipinski definition) is 1. The maximum atomic E-state index is 14.9. The minimum Gasteiger partial charge on any atom is -0.341 e. The van der Waals surface area contributed by atoms with Crippen molar-refractivity contribution in [3.8, 4) is 0 Å². The fraction of sp³-hybridized carbons (Fsp3) is 0.333. The first-order valence-corrected chi connectivity index (χ1v) is 12.5. The second kappa shape index (κ2) is 10.5. The van der Waals surface area contributed by atoms with Gasteiger partial charge in [0.2, 0.25) is 5.95 Å². The van der Waals surface area contributed by atoms with Gasteiger partial charge in [0, 0.05) is 42.9 Å². The van der Waals surface area contributed by atoms with Crippen molar-refractivity contribution < 1.29 is 18.0 Å². The highest BCUT2D eigenvalue weighted by molar-refractivity contribution is 5.95. The maximum Gasteiger partial charge on any atom is 0.332 e. The van der Waals surface area contributed by atoms with Crippen LogP contribution in [0.15, 0.2) is 58.1 Å². The standard InChI is InChI=1S/C27H27F3N6O3/c1-33-24-22(25(38)36(27(33)39)15-21(37)16-7-3-2-4-8-16)35(26(32-24)34-12-6-9-17(31)13-34)14-19-18(23(29)30)10-5-11-20(19)28/h2-5,7-8,10-11,17,23H,6,9,12-15,31H2,1H3. The number of nitrogens with zero attached hydrogens (tertiary/aromatic N) is 5. The van der Waals surface area contributed by atoms with Gasteiger partial charge in [-0.2, -0.15) is 4.98 Å². The van der Waals surface area contributed by atoms with E-state index in [-0.39, 0.29) is 28.7 Å². The van der Waals surface area contributed by atoms with Crippen molar-refractivity contribution in [2.24, 2.45) is 12.8 Å². The van der Waals surface area contributed by atoms with Gasteiger partial charge in [0.05, 0.1) is 13.1 Å². The summed E-state index contributed by atoms with van der Waals surface area (Å²) in [5.74, 6) is -1.11. The SMILES string of the molecule is Cn1c(=O)n(CC(=O)c2ccccc2)c(=O)c2c1nc(N1CCCC(N)C1)n2Cc1c(F)cccc1C(F)F. The van der Waals surface area contributed by atoms with Gasteiger partial charge in [0.25, 0.3) is 12.0 Å². The Bertz CT molecular complexity index is 1660. The number of rotatable bonds is 7. The molecule has 5 rings (SSSR count). The Morgan fingerprint density at radius 1 is 1.10 bits per heavy atom. The summed E-state index contributed by atoms with van der Waals surface area (Å²) in [6.07, 6.45) is -1.46. The molecule has 1 aliphatic rings. The number of ketones is 1. The van der Waals surface area contributed by atoms with Gasteiger partial charge in [-0.05, 0) is 18.9 Å². The lowest BCUT2D eigenvalue weighted by molar-refractivity contribution is 0.0969. The number of carbonyl (C=O) groups excluding carboxylic acids is 1. The molecule has 1 atom stereocenters. The molecule has 0 aliphatic carbocycles. The van der Waals surface area contributed by atoms with Crippen LogP contribution in [0.2, 0.25) is 0 Å². The van der Waals surface area contributed by atoms with E-state index in [0.29, 0.717) is 18.7 Å². The highest BCUT2D eigenvalue weighted by atomic mass is 19.3. The van der Waals surface area contributed by atoms with Crippen molar-refractivity contribution in [1.82, 2.24) is 18.7 Å². The molecular weight excluding hydrogens is 513 g/mol. The number of aromatic nitrogens is 4. The number of carbonyl (C=O) groups is 1. The minimum atomic E-state index is -2.96. The van der Waals surface area contributed by atoms with Gasteiger partial charge < -0.3 is 10.6 Å². The Balaban J connectivity index is 1.73. The summed E-state index contributed by atoms with van der Waals surface area (Å²) in [6.45, 7) is -0.0892. The van der Waals surface area contributed by atoms with E-state index in [1.807, 2.05) is 0 Å². The number of aryl methyl sites for hydroxylation is 1. The molecule has 2 aromatic carbocycles. The van der Waals surface area contributed by atoms with Gasteiger partial charge in [-0.25, -0.2) is 18.0 Å². The van der Waals surface area contributed by atoms with Crippen LogP contribution in [-0.4, -0.2) is 43.6 Å². The van der Waals surface area contributed by atoms with E-state index in [2.05, 4.69) is 4.98 Å². The van der Waals surface area contributed by atoms with Crippen LogP contribution in [0.5, 0.6) is 0 Å². The second-order valence-electron chi connectivity index (χ2n) is 9.65. The van der Waals surface area contributed by atoms with E-state index in [4.69, 9.17) is 5.73 Å². The monoisotopic (exact) mass is 540 g/mol. The van der Waals surface area contributed by atoms with Crippen LogP contribution < -0.4 is 21.9 Å². The zero-order valence-electron chi connectivity index (χ0n) is 21.2. The average molecular weight is 541 g/mol. The quantitative estimate of drug-likeness (QED) is 0.361. The number of fused-ring (bicyclic) bond motifs is 1. The molecule has 9 nitrogen and oxygen atoms in total. The van der Waals surface area contributed by atoms with E-state index in [1.165, 1.54) is 17.7 Å². The highest BCUT2D eigenvalue weighted by Gasteiger charge is 2.28. The number of alkyl halides is 2. The molecule has 204 valence electrons. The van der Waals surface area contributed by atoms with Crippen LogP contribution in [0, 0.1) is 5.82 Å². The van der Waals surface area contributed by atoms with Crippen molar-refractivity contribution in [3.63, 3.8) is 0 Å². The molecule has 0 saturated carbocycles. The Hall–Kier alpha value is -4.19. The number of piperidine rings is 1. The van der Waals surface area contributed by atoms with E-state index in [9.17, 15) is 27.6 Å². The van der Waals surface area contributed by atoms with Gasteiger partial charge in [0.15, 0.2) is 16.9 Å². The first-order valence-electron chi connectivity index (χ1n) is 12.5. The third kappa shape index (κ3) is 4.87. The van der Waals surface area contributed by atoms with Crippen LogP contribution in [0.1, 0.15) is 40.8 Å². The summed E-state index contributed by atoms with van der Waals surface area (Å²) in [5, 5.41) is 0. The number of Topliss-reactive ketones (excluding diaryl/α,β-unsaturated/α-hetero) is 1. The van der Waals surface area contributed by atoms with Crippen LogP contribution in [0.4, 0.5) is 19.1 Å². The summed E-state index contributed by atoms with van der Waals surface area (Å²) in [4.78, 5) is 46.3. The topological polar surface area (TPSA) is 108 Å². The molecule has 1 saturated heterocycles. The van der Waals surface area contributed by atoms with Gasteiger partial charge >= 0.3 is 5.69 Å². The zero-order valence-corrected chi connectivity index (χ0v) is 21.2. The second-order valence-corrected chi connectivity index (χ2v) is 9.65. The van der Waals surface area contributed by atoms with Crippen LogP contribution in [-0.2, 0) is 20.1 Å². The number of halogens is 3. The molecule has 2 N–H and O–H groups in total. The number of nitrogens with two attached hydrogens (primary N) is 1. The molecule has 1 aliphatic heterocycles. The summed E-state index contributed by atoms with van der Waals surface area (Å²) in [6, 6.07) is 11.4. The Morgan fingerprint density at radius 2 is 1.85 bits per heavy atom. The lowest BCUT2D eigenvalue weighted by Gasteiger charge is -2.32. The number of imidazole rings is 1. The smallest absolute Gasteiger partial charge is 0.332 e. The third-order valence-electron chi connectivity index (χ3n) is 7.06. The molecular formula is C27H27F3N6O3. The fourth-order valence-corrected chi connectivity index (χ4v) is 5.05. The summed E-state index contributed by atoms with van der Waals surface area (Å²) in [5.41, 5.74) is 3.98. The molecule has 0 bridgehead atoms. The predicted octanol–water partition coefficient (Wildman–Crippen LogP) is 2.83. The number of hydrogen-bond acceptors (Lipinski definition) is 6. The first kappa shape index (κ1) is 26.4. The fourth-order valence-electron chi connectivity index (χ4n) is 5.05. The van der Waals surface area contributed by atoms with E-state index < -0.39 is 47.9 Å². The molecule has 4 aromatic rings. The molecule has 3 heterocycles. The Morgan fingerprint density at radius 3 is 2.54 bits per heavy atom. The first-order chi connectivity index (χ1) is 18.7. The number of benzene rings is 2. The van der Waals surface area contributed by atoms with E-state index in [1.54, 1.807) is 35.2 Å². The third-order valence-corrected chi connectivity index (χ3v) is 7.06. The summed E-state index contributed by atoms with van der Waals surface area (Å²) in [7, 11) is 1.41. The molecule has 12 heteroatoms. The van der Waals surface area contributed by atoms with Crippen molar-refractivity contribution >= 4 is 22.9 Å². The largest absolute Gasteiger partial charge is 0.341 e. The maximum absolute atomic E-state index is 14.9. The molecule has 2 aromatic heterocycles. The predicted molar refractivity (Wildman–Crippen MR) is 140 cm³/mol. The highest BCUT2D eigenvalue weighted by Crippen LogP contribution is 2.29.